The molecule has 0 spiro atoms. The first kappa shape index (κ1) is 24.3. The standard InChI is InChI=1S/C21H32N2O6S/c1-14-12-15(2)17(4)20(16(14)3)30(26,27)23-9-6-18(7-10-23)21(25)29-13-19(24)22-8-11-28-5/h12,18H,6-11,13H2,1-5H3,(H,22,24). The summed E-state index contributed by atoms with van der Waals surface area (Å²) in [6, 6.07) is 2.00. The van der Waals surface area contributed by atoms with Crippen LogP contribution in [0.15, 0.2) is 11.0 Å². The van der Waals surface area contributed by atoms with Crippen molar-refractivity contribution in [3.63, 3.8) is 0 Å². The molecule has 1 aromatic rings. The van der Waals surface area contributed by atoms with Crippen LogP contribution in [-0.2, 0) is 29.1 Å². The zero-order chi connectivity index (χ0) is 22.5. The van der Waals surface area contributed by atoms with E-state index in [-0.39, 0.29) is 25.6 Å². The average Bonchev–Trinajstić information content (AvgIpc) is 2.71. The van der Waals surface area contributed by atoms with E-state index in [1.54, 1.807) is 0 Å². The van der Waals surface area contributed by atoms with Crippen molar-refractivity contribution in [3.05, 3.63) is 28.3 Å². The minimum atomic E-state index is -3.65. The number of rotatable bonds is 8. The van der Waals surface area contributed by atoms with Crippen molar-refractivity contribution in [2.24, 2.45) is 5.92 Å². The predicted octanol–water partition coefficient (Wildman–Crippen LogP) is 1.63. The lowest BCUT2D eigenvalue weighted by Crippen LogP contribution is -2.41. The third-order valence-electron chi connectivity index (χ3n) is 5.66. The van der Waals surface area contributed by atoms with Crippen LogP contribution in [0.25, 0.3) is 0 Å². The first-order chi connectivity index (χ1) is 14.1. The molecule has 30 heavy (non-hydrogen) atoms. The van der Waals surface area contributed by atoms with Crippen LogP contribution in [-0.4, -0.2) is 64.6 Å². The molecule has 0 aliphatic carbocycles. The molecule has 1 aliphatic heterocycles. The van der Waals surface area contributed by atoms with E-state index >= 15 is 0 Å². The van der Waals surface area contributed by atoms with Crippen molar-refractivity contribution < 1.29 is 27.5 Å². The van der Waals surface area contributed by atoms with Crippen molar-refractivity contribution in [3.8, 4) is 0 Å². The molecular weight excluding hydrogens is 408 g/mol. The van der Waals surface area contributed by atoms with E-state index in [2.05, 4.69) is 5.32 Å². The lowest BCUT2D eigenvalue weighted by atomic mass is 9.98. The fourth-order valence-electron chi connectivity index (χ4n) is 3.63. The zero-order valence-electron chi connectivity index (χ0n) is 18.4. The second-order valence-electron chi connectivity index (χ2n) is 7.72. The molecule has 9 heteroatoms. The molecule has 2 rings (SSSR count). The normalized spacial score (nSPS) is 15.8. The van der Waals surface area contributed by atoms with Gasteiger partial charge in [0.2, 0.25) is 10.0 Å². The molecule has 0 saturated carbocycles. The molecule has 0 radical (unpaired) electrons. The molecule has 1 amide bonds. The number of carbonyl (C=O) groups excluding carboxylic acids is 2. The van der Waals surface area contributed by atoms with Gasteiger partial charge in [0.25, 0.3) is 5.91 Å². The third kappa shape index (κ3) is 5.59. The van der Waals surface area contributed by atoms with Crippen molar-refractivity contribution in [1.82, 2.24) is 9.62 Å². The Hall–Kier alpha value is -1.97. The molecule has 1 saturated heterocycles. The molecule has 1 heterocycles. The lowest BCUT2D eigenvalue weighted by Gasteiger charge is -2.31. The summed E-state index contributed by atoms with van der Waals surface area (Å²) >= 11 is 0. The number of benzene rings is 1. The van der Waals surface area contributed by atoms with Gasteiger partial charge in [-0.25, -0.2) is 8.42 Å². The molecule has 1 aliphatic rings. The van der Waals surface area contributed by atoms with Gasteiger partial charge in [0.05, 0.1) is 17.4 Å². The second-order valence-corrected chi connectivity index (χ2v) is 9.59. The van der Waals surface area contributed by atoms with Gasteiger partial charge in [-0.1, -0.05) is 6.07 Å². The van der Waals surface area contributed by atoms with Gasteiger partial charge in [0.15, 0.2) is 6.61 Å². The molecule has 0 atom stereocenters. The Labute approximate surface area is 179 Å². The fourth-order valence-corrected chi connectivity index (χ4v) is 5.67. The van der Waals surface area contributed by atoms with Crippen LogP contribution in [0.4, 0.5) is 0 Å². The number of aryl methyl sites for hydroxylation is 2. The highest BCUT2D eigenvalue weighted by Gasteiger charge is 2.35. The molecular formula is C21H32N2O6S. The summed E-state index contributed by atoms with van der Waals surface area (Å²) in [6.45, 7) is 8.35. The van der Waals surface area contributed by atoms with Gasteiger partial charge < -0.3 is 14.8 Å². The minimum absolute atomic E-state index is 0.244. The summed E-state index contributed by atoms with van der Waals surface area (Å²) < 4.78 is 38.0. The van der Waals surface area contributed by atoms with Gasteiger partial charge in [-0.2, -0.15) is 4.31 Å². The predicted molar refractivity (Wildman–Crippen MR) is 113 cm³/mol. The highest BCUT2D eigenvalue weighted by atomic mass is 32.2. The van der Waals surface area contributed by atoms with Crippen LogP contribution in [0.2, 0.25) is 0 Å². The SMILES string of the molecule is COCCNC(=O)COC(=O)C1CCN(S(=O)(=O)c2c(C)c(C)cc(C)c2C)CC1. The smallest absolute Gasteiger partial charge is 0.309 e. The number of methoxy groups -OCH3 is 1. The number of hydrogen-bond donors (Lipinski definition) is 1. The number of ether oxygens (including phenoxy) is 2. The quantitative estimate of drug-likeness (QED) is 0.487. The van der Waals surface area contributed by atoms with Gasteiger partial charge in [-0.05, 0) is 62.8 Å². The highest BCUT2D eigenvalue weighted by Crippen LogP contribution is 2.31. The minimum Gasteiger partial charge on any atom is -0.455 e. The molecule has 0 unspecified atom stereocenters. The lowest BCUT2D eigenvalue weighted by molar-refractivity contribution is -0.153. The van der Waals surface area contributed by atoms with Gasteiger partial charge in [-0.15, -0.1) is 0 Å². The van der Waals surface area contributed by atoms with Crippen LogP contribution in [0, 0.1) is 33.6 Å². The Morgan fingerprint density at radius 1 is 1.10 bits per heavy atom. The van der Waals surface area contributed by atoms with Crippen LogP contribution in [0.5, 0.6) is 0 Å². The summed E-state index contributed by atoms with van der Waals surface area (Å²) in [5, 5.41) is 2.58. The molecule has 1 aromatic carbocycles. The largest absolute Gasteiger partial charge is 0.455 e. The van der Waals surface area contributed by atoms with Crippen molar-refractivity contribution >= 4 is 21.9 Å². The van der Waals surface area contributed by atoms with Crippen LogP contribution < -0.4 is 5.32 Å². The topological polar surface area (TPSA) is 102 Å². The van der Waals surface area contributed by atoms with E-state index in [0.717, 1.165) is 22.3 Å². The number of nitrogens with one attached hydrogen (secondary N) is 1. The molecule has 8 nitrogen and oxygen atoms in total. The number of carbonyl (C=O) groups is 2. The van der Waals surface area contributed by atoms with E-state index in [0.29, 0.717) is 30.9 Å². The van der Waals surface area contributed by atoms with Crippen LogP contribution >= 0.6 is 0 Å². The van der Waals surface area contributed by atoms with Gasteiger partial charge in [0, 0.05) is 26.7 Å². The Bertz CT molecular complexity index is 863. The molecule has 0 aromatic heterocycles. The maximum absolute atomic E-state index is 13.3. The molecule has 168 valence electrons. The number of sulfonamides is 1. The summed E-state index contributed by atoms with van der Waals surface area (Å²) in [7, 11) is -2.12. The number of hydrogen-bond acceptors (Lipinski definition) is 6. The summed E-state index contributed by atoms with van der Waals surface area (Å²) in [6.07, 6.45) is 0.735. The Kier molecular flexibility index (Phi) is 8.40. The number of esters is 1. The maximum atomic E-state index is 13.3. The van der Waals surface area contributed by atoms with Gasteiger partial charge in [-0.3, -0.25) is 9.59 Å². The summed E-state index contributed by atoms with van der Waals surface area (Å²) in [5.41, 5.74) is 3.41. The van der Waals surface area contributed by atoms with E-state index in [1.807, 2.05) is 33.8 Å². The Morgan fingerprint density at radius 2 is 1.67 bits per heavy atom. The molecule has 0 bridgehead atoms. The third-order valence-corrected chi connectivity index (χ3v) is 7.83. The molecule has 1 N–H and O–H groups in total. The monoisotopic (exact) mass is 440 g/mol. The van der Waals surface area contributed by atoms with Crippen LogP contribution in [0.3, 0.4) is 0 Å². The number of piperidine rings is 1. The van der Waals surface area contributed by atoms with Crippen LogP contribution in [0.1, 0.15) is 35.1 Å². The van der Waals surface area contributed by atoms with Crippen molar-refractivity contribution in [1.29, 1.82) is 0 Å². The highest BCUT2D eigenvalue weighted by molar-refractivity contribution is 7.89. The first-order valence-corrected chi connectivity index (χ1v) is 11.5. The van der Waals surface area contributed by atoms with E-state index < -0.39 is 21.9 Å². The summed E-state index contributed by atoms with van der Waals surface area (Å²) in [5.74, 6) is -1.27. The fraction of sp³-hybridized carbons (Fsp3) is 0.619. The van der Waals surface area contributed by atoms with E-state index in [4.69, 9.17) is 9.47 Å². The molecule has 1 fully saturated rings. The maximum Gasteiger partial charge on any atom is 0.309 e. The number of nitrogens with zero attached hydrogens (tertiary/aromatic N) is 1. The van der Waals surface area contributed by atoms with Crippen molar-refractivity contribution in [2.75, 3.05) is 40.0 Å². The second kappa shape index (κ2) is 10.4. The van der Waals surface area contributed by atoms with E-state index in [1.165, 1.54) is 11.4 Å². The number of amides is 1. The first-order valence-electron chi connectivity index (χ1n) is 10.1. The van der Waals surface area contributed by atoms with Gasteiger partial charge in [0.1, 0.15) is 0 Å². The average molecular weight is 441 g/mol. The van der Waals surface area contributed by atoms with E-state index in [9.17, 15) is 18.0 Å². The van der Waals surface area contributed by atoms with Crippen molar-refractivity contribution in [2.45, 2.75) is 45.4 Å². The zero-order valence-corrected chi connectivity index (χ0v) is 19.2. The summed E-state index contributed by atoms with van der Waals surface area (Å²) in [4.78, 5) is 24.3. The Morgan fingerprint density at radius 3 is 2.20 bits per heavy atom. The Balaban J connectivity index is 1.97. The van der Waals surface area contributed by atoms with Gasteiger partial charge >= 0.3 is 5.97 Å².